The van der Waals surface area contributed by atoms with Gasteiger partial charge < -0.3 is 15.2 Å². The Morgan fingerprint density at radius 3 is 2.53 bits per heavy atom. The highest BCUT2D eigenvalue weighted by molar-refractivity contribution is 5.90. The molecule has 2 aromatic rings. The van der Waals surface area contributed by atoms with Gasteiger partial charge >= 0.3 is 0 Å². The number of nitrogens with two attached hydrogens (primary N) is 1. The summed E-state index contributed by atoms with van der Waals surface area (Å²) in [5, 5.41) is 0. The standard InChI is InChI=1S/C15H14N2O2/c1-10-2-4-12(5-3-10)17-8-11-6-14-15(7-13(11)16)19-9-18-14/h2-8H,9,16H2,1H3. The van der Waals surface area contributed by atoms with Crippen LogP contribution in [0.2, 0.25) is 0 Å². The van der Waals surface area contributed by atoms with Gasteiger partial charge in [0, 0.05) is 23.5 Å². The molecule has 0 aromatic heterocycles. The van der Waals surface area contributed by atoms with E-state index in [2.05, 4.69) is 4.99 Å². The fraction of sp³-hybridized carbons (Fsp3) is 0.133. The second-order valence-corrected chi connectivity index (χ2v) is 4.43. The van der Waals surface area contributed by atoms with Crippen molar-refractivity contribution in [2.45, 2.75) is 6.92 Å². The minimum absolute atomic E-state index is 0.243. The Kier molecular flexibility index (Phi) is 2.83. The van der Waals surface area contributed by atoms with E-state index < -0.39 is 0 Å². The molecule has 1 heterocycles. The van der Waals surface area contributed by atoms with Crippen LogP contribution in [0.3, 0.4) is 0 Å². The van der Waals surface area contributed by atoms with Crippen LogP contribution in [-0.4, -0.2) is 13.0 Å². The molecule has 19 heavy (non-hydrogen) atoms. The molecule has 0 radical (unpaired) electrons. The molecule has 0 aliphatic carbocycles. The van der Waals surface area contributed by atoms with E-state index in [-0.39, 0.29) is 6.79 Å². The van der Waals surface area contributed by atoms with Gasteiger partial charge in [0.1, 0.15) is 0 Å². The number of ether oxygens (including phenoxy) is 2. The number of nitrogens with zero attached hydrogens (tertiary/aromatic N) is 1. The van der Waals surface area contributed by atoms with Crippen molar-refractivity contribution in [3.05, 3.63) is 47.5 Å². The first-order valence-electron chi connectivity index (χ1n) is 6.02. The third kappa shape index (κ3) is 2.38. The van der Waals surface area contributed by atoms with Gasteiger partial charge in [0.05, 0.1) is 5.69 Å². The van der Waals surface area contributed by atoms with Crippen molar-refractivity contribution in [2.75, 3.05) is 12.5 Å². The molecule has 4 nitrogen and oxygen atoms in total. The zero-order chi connectivity index (χ0) is 13.2. The lowest BCUT2D eigenvalue weighted by molar-refractivity contribution is 0.174. The van der Waals surface area contributed by atoms with Crippen LogP contribution in [0.15, 0.2) is 41.4 Å². The molecule has 1 aliphatic heterocycles. The molecule has 3 rings (SSSR count). The number of anilines is 1. The molecule has 0 saturated heterocycles. The van der Waals surface area contributed by atoms with Crippen molar-refractivity contribution >= 4 is 17.6 Å². The molecule has 0 spiro atoms. The van der Waals surface area contributed by atoms with E-state index in [1.807, 2.05) is 37.3 Å². The molecule has 0 bridgehead atoms. The first-order chi connectivity index (χ1) is 9.22. The predicted octanol–water partition coefficient (Wildman–Crippen LogP) is 3.06. The van der Waals surface area contributed by atoms with Crippen molar-refractivity contribution in [1.29, 1.82) is 0 Å². The summed E-state index contributed by atoms with van der Waals surface area (Å²) >= 11 is 0. The summed E-state index contributed by atoms with van der Waals surface area (Å²) in [4.78, 5) is 4.40. The lowest BCUT2D eigenvalue weighted by atomic mass is 10.1. The Morgan fingerprint density at radius 1 is 1.11 bits per heavy atom. The fourth-order valence-corrected chi connectivity index (χ4v) is 1.86. The highest BCUT2D eigenvalue weighted by atomic mass is 16.7. The summed E-state index contributed by atoms with van der Waals surface area (Å²) in [6.07, 6.45) is 1.74. The Morgan fingerprint density at radius 2 is 1.79 bits per heavy atom. The van der Waals surface area contributed by atoms with Crippen LogP contribution in [0.25, 0.3) is 0 Å². The molecule has 1 aliphatic rings. The molecular formula is C15H14N2O2. The van der Waals surface area contributed by atoms with E-state index in [1.54, 1.807) is 12.3 Å². The van der Waals surface area contributed by atoms with E-state index in [1.165, 1.54) is 5.56 Å². The molecule has 0 fully saturated rings. The van der Waals surface area contributed by atoms with Gasteiger partial charge in [-0.05, 0) is 25.1 Å². The smallest absolute Gasteiger partial charge is 0.231 e. The second-order valence-electron chi connectivity index (χ2n) is 4.43. The van der Waals surface area contributed by atoms with E-state index in [0.717, 1.165) is 11.3 Å². The van der Waals surface area contributed by atoms with E-state index >= 15 is 0 Å². The summed E-state index contributed by atoms with van der Waals surface area (Å²) in [5.41, 5.74) is 9.51. The summed E-state index contributed by atoms with van der Waals surface area (Å²) in [7, 11) is 0. The Balaban J connectivity index is 1.89. The summed E-state index contributed by atoms with van der Waals surface area (Å²) in [6, 6.07) is 11.6. The molecule has 96 valence electrons. The van der Waals surface area contributed by atoms with Gasteiger partial charge in [-0.15, -0.1) is 0 Å². The van der Waals surface area contributed by atoms with Crippen molar-refractivity contribution in [3.8, 4) is 11.5 Å². The minimum Gasteiger partial charge on any atom is -0.454 e. The monoisotopic (exact) mass is 254 g/mol. The highest BCUT2D eigenvalue weighted by Crippen LogP contribution is 2.35. The van der Waals surface area contributed by atoms with Gasteiger partial charge in [-0.25, -0.2) is 0 Å². The van der Waals surface area contributed by atoms with Crippen LogP contribution in [0.4, 0.5) is 11.4 Å². The third-order valence-corrected chi connectivity index (χ3v) is 2.96. The number of aliphatic imine (C=N–C) groups is 1. The van der Waals surface area contributed by atoms with Crippen molar-refractivity contribution in [2.24, 2.45) is 4.99 Å². The van der Waals surface area contributed by atoms with E-state index in [0.29, 0.717) is 17.2 Å². The molecule has 0 atom stereocenters. The first kappa shape index (κ1) is 11.6. The molecule has 0 unspecified atom stereocenters. The number of fused-ring (bicyclic) bond motifs is 1. The van der Waals surface area contributed by atoms with Crippen LogP contribution in [0.5, 0.6) is 11.5 Å². The largest absolute Gasteiger partial charge is 0.454 e. The normalized spacial score (nSPS) is 13.1. The average Bonchev–Trinajstić information content (AvgIpc) is 2.85. The third-order valence-electron chi connectivity index (χ3n) is 2.96. The maximum Gasteiger partial charge on any atom is 0.231 e. The van der Waals surface area contributed by atoms with Crippen molar-refractivity contribution in [3.63, 3.8) is 0 Å². The Hall–Kier alpha value is -2.49. The molecule has 0 amide bonds. The number of rotatable bonds is 2. The van der Waals surface area contributed by atoms with Crippen LogP contribution < -0.4 is 15.2 Å². The zero-order valence-corrected chi connectivity index (χ0v) is 10.6. The van der Waals surface area contributed by atoms with Gasteiger partial charge in [0.2, 0.25) is 6.79 Å². The van der Waals surface area contributed by atoms with Gasteiger partial charge in [-0.3, -0.25) is 4.99 Å². The van der Waals surface area contributed by atoms with Crippen LogP contribution in [0, 0.1) is 6.92 Å². The maximum absolute atomic E-state index is 5.96. The second kappa shape index (κ2) is 4.65. The summed E-state index contributed by atoms with van der Waals surface area (Å²) < 4.78 is 10.6. The molecule has 0 saturated carbocycles. The Bertz CT molecular complexity index is 633. The van der Waals surface area contributed by atoms with Crippen molar-refractivity contribution < 1.29 is 9.47 Å². The number of aryl methyl sites for hydroxylation is 1. The van der Waals surface area contributed by atoms with E-state index in [9.17, 15) is 0 Å². The van der Waals surface area contributed by atoms with Crippen molar-refractivity contribution in [1.82, 2.24) is 0 Å². The topological polar surface area (TPSA) is 56.8 Å². The maximum atomic E-state index is 5.96. The van der Waals surface area contributed by atoms with Gasteiger partial charge in [0.25, 0.3) is 0 Å². The lowest BCUT2D eigenvalue weighted by Gasteiger charge is -2.02. The summed E-state index contributed by atoms with van der Waals surface area (Å²) in [6.45, 7) is 2.29. The quantitative estimate of drug-likeness (QED) is 0.662. The number of nitrogen functional groups attached to an aromatic ring is 1. The highest BCUT2D eigenvalue weighted by Gasteiger charge is 2.15. The van der Waals surface area contributed by atoms with Crippen LogP contribution in [0.1, 0.15) is 11.1 Å². The fourth-order valence-electron chi connectivity index (χ4n) is 1.86. The number of benzene rings is 2. The lowest BCUT2D eigenvalue weighted by Crippen LogP contribution is -1.93. The van der Waals surface area contributed by atoms with E-state index in [4.69, 9.17) is 15.2 Å². The van der Waals surface area contributed by atoms with Gasteiger partial charge in [-0.1, -0.05) is 17.7 Å². The van der Waals surface area contributed by atoms with Gasteiger partial charge in [0.15, 0.2) is 11.5 Å². The predicted molar refractivity (Wildman–Crippen MR) is 75.4 cm³/mol. The van der Waals surface area contributed by atoms with Crippen LogP contribution in [-0.2, 0) is 0 Å². The minimum atomic E-state index is 0.243. The molecule has 2 N–H and O–H groups in total. The average molecular weight is 254 g/mol. The molecular weight excluding hydrogens is 240 g/mol. The number of hydrogen-bond donors (Lipinski definition) is 1. The zero-order valence-electron chi connectivity index (χ0n) is 10.6. The Labute approximate surface area is 111 Å². The SMILES string of the molecule is Cc1ccc(N=Cc2cc3c(cc2N)OCO3)cc1. The molecule has 4 heteroatoms. The van der Waals surface area contributed by atoms with Gasteiger partial charge in [-0.2, -0.15) is 0 Å². The summed E-state index contributed by atoms with van der Waals surface area (Å²) in [5.74, 6) is 1.39. The van der Waals surface area contributed by atoms with Crippen LogP contribution >= 0.6 is 0 Å². The number of hydrogen-bond acceptors (Lipinski definition) is 4. The molecule has 2 aromatic carbocycles. The first-order valence-corrected chi connectivity index (χ1v) is 6.02.